The first kappa shape index (κ1) is 39.6. The molecule has 1 aromatic rings. The van der Waals surface area contributed by atoms with Crippen LogP contribution in [0.25, 0.3) is 0 Å². The van der Waals surface area contributed by atoms with Crippen molar-refractivity contribution in [1.82, 2.24) is 30.2 Å². The van der Waals surface area contributed by atoms with Gasteiger partial charge in [0, 0.05) is 36.4 Å². The van der Waals surface area contributed by atoms with E-state index >= 15 is 4.79 Å². The van der Waals surface area contributed by atoms with Crippen molar-refractivity contribution >= 4 is 39.4 Å². The lowest BCUT2D eigenvalue weighted by molar-refractivity contribution is -0.145. The van der Waals surface area contributed by atoms with Crippen LogP contribution in [0.5, 0.6) is 0 Å². The molecule has 2 spiro atoms. The quantitative estimate of drug-likeness (QED) is 0.195. The molecule has 3 N–H and O–H groups in total. The van der Waals surface area contributed by atoms with E-state index < -0.39 is 62.0 Å². The van der Waals surface area contributed by atoms with E-state index in [0.717, 1.165) is 51.4 Å². The van der Waals surface area contributed by atoms with Crippen LogP contribution < -0.4 is 15.4 Å². The van der Waals surface area contributed by atoms with Gasteiger partial charge in [-0.2, -0.15) is 0 Å². The number of likely N-dealkylation sites (tertiary alicyclic amines) is 1. The number of carbonyl (C=O) groups excluding carboxylic acids is 5. The van der Waals surface area contributed by atoms with E-state index in [2.05, 4.69) is 45.8 Å². The van der Waals surface area contributed by atoms with Gasteiger partial charge in [0.2, 0.25) is 27.7 Å². The van der Waals surface area contributed by atoms with Crippen LogP contribution in [0.2, 0.25) is 0 Å². The molecule has 13 nitrogen and oxygen atoms in total. The number of ketones is 1. The molecule has 1 saturated heterocycles. The van der Waals surface area contributed by atoms with Crippen molar-refractivity contribution in [2.75, 3.05) is 6.54 Å². The molecule has 14 heteroatoms. The Kier molecular flexibility index (Phi) is 9.89. The Bertz CT molecular complexity index is 1860. The van der Waals surface area contributed by atoms with Crippen LogP contribution in [0.1, 0.15) is 129 Å². The molecule has 0 radical (unpaired) electrons. The van der Waals surface area contributed by atoms with Crippen molar-refractivity contribution < 1.29 is 32.4 Å². The predicted octanol–water partition coefficient (Wildman–Crippen LogP) is 4.24. The van der Waals surface area contributed by atoms with Gasteiger partial charge >= 0.3 is 0 Å². The van der Waals surface area contributed by atoms with E-state index in [0.29, 0.717) is 25.8 Å². The summed E-state index contributed by atoms with van der Waals surface area (Å²) in [7, 11) is -3.87. The van der Waals surface area contributed by atoms with Gasteiger partial charge in [0.1, 0.15) is 29.6 Å². The van der Waals surface area contributed by atoms with Crippen LogP contribution >= 0.6 is 0 Å². The molecule has 1 aromatic heterocycles. The first-order chi connectivity index (χ1) is 25.8. The third kappa shape index (κ3) is 6.61. The highest BCUT2D eigenvalue weighted by molar-refractivity contribution is 7.91. The van der Waals surface area contributed by atoms with Crippen LogP contribution in [-0.2, 0) is 29.2 Å². The molecule has 0 aromatic carbocycles. The average molecular weight is 779 g/mol. The fourth-order valence-corrected chi connectivity index (χ4v) is 12.3. The highest BCUT2D eigenvalue weighted by Crippen LogP contribution is 2.88. The molecule has 5 aliphatic carbocycles. The van der Waals surface area contributed by atoms with Gasteiger partial charge in [-0.05, 0) is 79.6 Å². The number of rotatable bonds is 13. The Labute approximate surface area is 325 Å². The number of nitrogens with one attached hydrogen (secondary N) is 3. The maximum atomic E-state index is 15.1. The summed E-state index contributed by atoms with van der Waals surface area (Å²) in [5, 5.41) is 5.43. The van der Waals surface area contributed by atoms with Gasteiger partial charge in [0.15, 0.2) is 5.78 Å². The normalized spacial score (nSPS) is 30.5. The minimum absolute atomic E-state index is 0.0158. The summed E-state index contributed by atoms with van der Waals surface area (Å²) in [6.07, 6.45) is 13.6. The van der Waals surface area contributed by atoms with Crippen molar-refractivity contribution in [2.24, 2.45) is 39.4 Å². The molecular weight excluding hydrogens is 721 g/mol. The largest absolute Gasteiger partial charge is 0.344 e. The lowest BCUT2D eigenvalue weighted by Crippen LogP contribution is -2.60. The molecule has 5 saturated carbocycles. The zero-order chi connectivity index (χ0) is 39.8. The minimum Gasteiger partial charge on any atom is -0.344 e. The van der Waals surface area contributed by atoms with Crippen LogP contribution in [0.4, 0.5) is 0 Å². The highest BCUT2D eigenvalue weighted by atomic mass is 32.2. The second kappa shape index (κ2) is 13.8. The Morgan fingerprint density at radius 2 is 1.69 bits per heavy atom. The number of aromatic nitrogens is 2. The lowest BCUT2D eigenvalue weighted by Gasteiger charge is -2.37. The first-order valence-corrected chi connectivity index (χ1v) is 21.8. The van der Waals surface area contributed by atoms with Crippen molar-refractivity contribution in [3.63, 3.8) is 0 Å². The Morgan fingerprint density at radius 3 is 2.22 bits per heavy atom. The molecule has 6 atom stereocenters. The molecule has 55 heavy (non-hydrogen) atoms. The number of hydrogen-bond donors (Lipinski definition) is 3. The van der Waals surface area contributed by atoms with Gasteiger partial charge in [-0.3, -0.25) is 28.7 Å². The average Bonchev–Trinajstić information content (AvgIpc) is 4.07. The number of carbonyl (C=O) groups is 5. The van der Waals surface area contributed by atoms with Crippen LogP contribution in [-0.4, -0.2) is 82.1 Å². The molecular formula is C41H58N6O7S. The topological polar surface area (TPSA) is 185 Å². The van der Waals surface area contributed by atoms with Crippen molar-refractivity contribution in [1.29, 1.82) is 0 Å². The van der Waals surface area contributed by atoms with Crippen molar-refractivity contribution in [3.05, 3.63) is 36.9 Å². The SMILES string of the molecule is C=C[C@@H]1C[C@]1(NC(=O)[C@@H]1C[C@@]2(CN1C(=O)[C@@H](NC(=O)[C@@H](CC(=O)c1ccncn1)C1CCCCC1)C(C)(C)C)C(C)(C)C21CCC1)C(=O)NS(=O)(=O)C1CC1. The van der Waals surface area contributed by atoms with Crippen molar-refractivity contribution in [2.45, 2.75) is 141 Å². The highest BCUT2D eigenvalue weighted by Gasteiger charge is 2.85. The van der Waals surface area contributed by atoms with Gasteiger partial charge in [-0.15, -0.1) is 6.58 Å². The van der Waals surface area contributed by atoms with Gasteiger partial charge in [-0.25, -0.2) is 18.4 Å². The zero-order valence-electron chi connectivity index (χ0n) is 33.0. The summed E-state index contributed by atoms with van der Waals surface area (Å²) < 4.78 is 27.8. The molecule has 4 amide bonds. The Hall–Kier alpha value is -3.68. The minimum atomic E-state index is -3.87. The van der Waals surface area contributed by atoms with E-state index in [4.69, 9.17) is 0 Å². The zero-order valence-corrected chi connectivity index (χ0v) is 33.8. The summed E-state index contributed by atoms with van der Waals surface area (Å²) in [6.45, 7) is 14.2. The van der Waals surface area contributed by atoms with E-state index in [9.17, 15) is 27.6 Å². The summed E-state index contributed by atoms with van der Waals surface area (Å²) >= 11 is 0. The van der Waals surface area contributed by atoms with Gasteiger partial charge in [0.25, 0.3) is 5.91 Å². The number of nitrogens with zero attached hydrogens (tertiary/aromatic N) is 3. The number of sulfonamides is 1. The molecule has 1 aliphatic heterocycles. The first-order valence-electron chi connectivity index (χ1n) is 20.2. The maximum Gasteiger partial charge on any atom is 0.259 e. The van der Waals surface area contributed by atoms with E-state index in [1.807, 2.05) is 20.8 Å². The molecule has 2 heterocycles. The van der Waals surface area contributed by atoms with E-state index in [1.165, 1.54) is 12.5 Å². The molecule has 6 fully saturated rings. The third-order valence-electron chi connectivity index (χ3n) is 14.9. The van der Waals surface area contributed by atoms with Crippen LogP contribution in [0.3, 0.4) is 0 Å². The van der Waals surface area contributed by atoms with Crippen LogP contribution in [0.15, 0.2) is 31.2 Å². The number of Topliss-reactive ketones (excluding diaryl/α,β-unsaturated/α-hetero) is 1. The Balaban J connectivity index is 1.16. The van der Waals surface area contributed by atoms with E-state index in [-0.39, 0.29) is 58.3 Å². The van der Waals surface area contributed by atoms with Gasteiger partial charge in [-0.1, -0.05) is 66.4 Å². The number of hydrogen-bond acceptors (Lipinski definition) is 9. The van der Waals surface area contributed by atoms with Crippen molar-refractivity contribution in [3.8, 4) is 0 Å². The predicted molar refractivity (Wildman–Crippen MR) is 204 cm³/mol. The van der Waals surface area contributed by atoms with Gasteiger partial charge < -0.3 is 15.5 Å². The van der Waals surface area contributed by atoms with Crippen LogP contribution in [0, 0.1) is 39.4 Å². The summed E-state index contributed by atoms with van der Waals surface area (Å²) in [6, 6.07) is -0.425. The summed E-state index contributed by atoms with van der Waals surface area (Å²) in [4.78, 5) is 80.9. The third-order valence-corrected chi connectivity index (χ3v) is 16.7. The fraction of sp³-hybridized carbons (Fsp3) is 0.732. The molecule has 300 valence electrons. The number of amides is 4. The Morgan fingerprint density at radius 1 is 1.00 bits per heavy atom. The number of fused-ring (bicyclic) bond motifs is 1. The van der Waals surface area contributed by atoms with E-state index in [1.54, 1.807) is 17.0 Å². The second-order valence-corrected chi connectivity index (χ2v) is 21.0. The fourth-order valence-electron chi connectivity index (χ4n) is 10.9. The van der Waals surface area contributed by atoms with Gasteiger partial charge in [0.05, 0.1) is 5.25 Å². The standard InChI is InChI=1S/C41H58N6O7S/c1-7-26-21-41(26,36(52)46-55(53,54)27-14-15-27)45-34(50)30-22-40(38(5,6)39(40)17-11-18-39)23-47(30)35(51)32(37(2,3)4)44-33(49)28(25-12-9-8-10-13-25)20-31(48)29-16-19-42-24-43-29/h7,16,19,24-28,30,32H,1,8-15,17-18,20-23H2,2-6H3,(H,44,49)(H,45,50)(H,46,52)/t26-,28+,30+,32-,40-,41-/m1/s1. The molecule has 0 unspecified atom stereocenters. The monoisotopic (exact) mass is 778 g/mol. The molecule has 7 rings (SSSR count). The smallest absolute Gasteiger partial charge is 0.259 e. The second-order valence-electron chi connectivity index (χ2n) is 19.0. The maximum absolute atomic E-state index is 15.1. The lowest BCUT2D eigenvalue weighted by atomic mass is 9.73. The summed E-state index contributed by atoms with van der Waals surface area (Å²) in [5.41, 5.74) is -2.50. The molecule has 6 aliphatic rings. The summed E-state index contributed by atoms with van der Waals surface area (Å²) in [5.74, 6) is -3.46. The molecule has 0 bridgehead atoms.